The summed E-state index contributed by atoms with van der Waals surface area (Å²) in [5.41, 5.74) is 5.36. The molecule has 0 aliphatic carbocycles. The number of hydrogen-bond donors (Lipinski definition) is 2. The van der Waals surface area contributed by atoms with Crippen molar-refractivity contribution in [2.24, 2.45) is 5.73 Å². The Kier molecular flexibility index (Phi) is 46.0. The van der Waals surface area contributed by atoms with Gasteiger partial charge in [0.1, 0.15) is 6.61 Å². The van der Waals surface area contributed by atoms with Crippen molar-refractivity contribution in [3.63, 3.8) is 0 Å². The van der Waals surface area contributed by atoms with Crippen molar-refractivity contribution in [1.29, 1.82) is 0 Å². The Morgan fingerprint density at radius 2 is 0.825 bits per heavy atom. The van der Waals surface area contributed by atoms with E-state index in [2.05, 4.69) is 111 Å². The number of phosphoric acid groups is 1. The average Bonchev–Trinajstić information content (AvgIpc) is 3.27. The van der Waals surface area contributed by atoms with E-state index in [0.29, 0.717) is 12.8 Å². The molecule has 0 saturated carbocycles. The van der Waals surface area contributed by atoms with Crippen LogP contribution in [0.3, 0.4) is 0 Å². The molecule has 63 heavy (non-hydrogen) atoms. The number of unbranched alkanes of at least 4 members (excludes halogenated alkanes) is 16. The van der Waals surface area contributed by atoms with E-state index in [-0.39, 0.29) is 32.6 Å². The van der Waals surface area contributed by atoms with Gasteiger partial charge in [-0.25, -0.2) is 4.57 Å². The Morgan fingerprint density at radius 1 is 0.476 bits per heavy atom. The highest BCUT2D eigenvalue weighted by molar-refractivity contribution is 7.47. The molecule has 360 valence electrons. The minimum atomic E-state index is -4.40. The van der Waals surface area contributed by atoms with Gasteiger partial charge in [0.05, 0.1) is 13.2 Å². The van der Waals surface area contributed by atoms with Gasteiger partial charge in [0.25, 0.3) is 0 Å². The van der Waals surface area contributed by atoms with Crippen molar-refractivity contribution >= 4 is 19.8 Å². The van der Waals surface area contributed by atoms with Crippen molar-refractivity contribution < 1.29 is 37.6 Å². The lowest BCUT2D eigenvalue weighted by Gasteiger charge is -2.19. The summed E-state index contributed by atoms with van der Waals surface area (Å²) in [5, 5.41) is 0. The second kappa shape index (κ2) is 48.4. The quantitative estimate of drug-likeness (QED) is 0.0265. The summed E-state index contributed by atoms with van der Waals surface area (Å²) in [5.74, 6) is -0.883. The smallest absolute Gasteiger partial charge is 0.462 e. The van der Waals surface area contributed by atoms with Gasteiger partial charge in [-0.3, -0.25) is 18.6 Å². The topological polar surface area (TPSA) is 134 Å². The molecule has 2 unspecified atom stereocenters. The van der Waals surface area contributed by atoms with Gasteiger partial charge in [0.2, 0.25) is 0 Å². The summed E-state index contributed by atoms with van der Waals surface area (Å²) in [6, 6.07) is 0. The van der Waals surface area contributed by atoms with Gasteiger partial charge in [-0.1, -0.05) is 188 Å². The van der Waals surface area contributed by atoms with Gasteiger partial charge >= 0.3 is 19.8 Å². The van der Waals surface area contributed by atoms with Gasteiger partial charge in [0, 0.05) is 19.4 Å². The zero-order valence-corrected chi connectivity index (χ0v) is 40.7. The van der Waals surface area contributed by atoms with Crippen molar-refractivity contribution in [3.8, 4) is 0 Å². The van der Waals surface area contributed by atoms with Crippen LogP contribution in [0.25, 0.3) is 0 Å². The molecule has 0 aliphatic rings. The fraction of sp³-hybridized carbons (Fsp3) is 0.660. The van der Waals surface area contributed by atoms with Gasteiger partial charge in [-0.2, -0.15) is 0 Å². The van der Waals surface area contributed by atoms with Gasteiger partial charge in [0.15, 0.2) is 6.10 Å². The van der Waals surface area contributed by atoms with E-state index in [1.807, 2.05) is 0 Å². The fourth-order valence-electron chi connectivity index (χ4n) is 6.38. The molecule has 0 aromatic rings. The Balaban J connectivity index is 4.06. The van der Waals surface area contributed by atoms with E-state index in [9.17, 15) is 19.0 Å². The number of ether oxygens (including phenoxy) is 2. The van der Waals surface area contributed by atoms with Crippen LogP contribution in [0.15, 0.2) is 97.2 Å². The molecule has 10 heteroatoms. The molecule has 0 aromatic carbocycles. The average molecular weight is 900 g/mol. The molecule has 0 rings (SSSR count). The maximum atomic E-state index is 12.6. The molecule has 9 nitrogen and oxygen atoms in total. The summed E-state index contributed by atoms with van der Waals surface area (Å²) in [6.45, 7) is 3.45. The summed E-state index contributed by atoms with van der Waals surface area (Å²) in [7, 11) is -4.40. The molecule has 0 fully saturated rings. The summed E-state index contributed by atoms with van der Waals surface area (Å²) >= 11 is 0. The van der Waals surface area contributed by atoms with E-state index in [1.165, 1.54) is 70.6 Å². The standard InChI is InChI=1S/C53H90NO8P/c1-3-5-7-9-11-13-15-17-19-20-21-22-23-24-25-26-27-28-29-30-32-34-36-38-40-42-44-46-53(56)62-51(50-61-63(57,58)60-48-47-54)49-59-52(55)45-43-41-39-37-35-33-31-18-16-14-12-10-8-6-4-2/h5-8,11-14,17-19,21-22,31,35,37,51H,3-4,9-10,15-16,20,23-30,32-34,36,38-50,54H2,1-2H3,(H,57,58)/b7-5-,8-6-,13-11-,14-12-,19-17-,22-21-,31-18-,37-35-. The number of esters is 2. The lowest BCUT2D eigenvalue weighted by molar-refractivity contribution is -0.161. The van der Waals surface area contributed by atoms with Crippen LogP contribution in [0.5, 0.6) is 0 Å². The molecular formula is C53H90NO8P. The molecule has 3 N–H and O–H groups in total. The van der Waals surface area contributed by atoms with Crippen LogP contribution in [0.2, 0.25) is 0 Å². The van der Waals surface area contributed by atoms with Crippen molar-refractivity contribution in [3.05, 3.63) is 97.2 Å². The number of carbonyl (C=O) groups is 2. The van der Waals surface area contributed by atoms with Crippen LogP contribution >= 0.6 is 7.82 Å². The van der Waals surface area contributed by atoms with Gasteiger partial charge in [-0.15, -0.1) is 0 Å². The van der Waals surface area contributed by atoms with Crippen LogP contribution in [0.4, 0.5) is 0 Å². The molecule has 0 aromatic heterocycles. The number of hydrogen-bond acceptors (Lipinski definition) is 8. The largest absolute Gasteiger partial charge is 0.472 e. The van der Waals surface area contributed by atoms with Crippen LogP contribution in [0, 0.1) is 0 Å². The maximum Gasteiger partial charge on any atom is 0.472 e. The molecular weight excluding hydrogens is 810 g/mol. The third kappa shape index (κ3) is 48.2. The summed E-state index contributed by atoms with van der Waals surface area (Å²) in [6.07, 6.45) is 63.1. The second-order valence-corrected chi connectivity index (χ2v) is 17.4. The Labute approximate surface area is 385 Å². The number of phosphoric ester groups is 1. The highest BCUT2D eigenvalue weighted by Crippen LogP contribution is 2.43. The summed E-state index contributed by atoms with van der Waals surface area (Å²) in [4.78, 5) is 35.0. The lowest BCUT2D eigenvalue weighted by atomic mass is 10.0. The van der Waals surface area contributed by atoms with Crippen LogP contribution < -0.4 is 5.73 Å². The Bertz CT molecular complexity index is 1350. The fourth-order valence-corrected chi connectivity index (χ4v) is 7.15. The second-order valence-electron chi connectivity index (χ2n) is 15.9. The predicted molar refractivity (Wildman–Crippen MR) is 265 cm³/mol. The minimum Gasteiger partial charge on any atom is -0.462 e. The molecule has 0 spiro atoms. The first-order valence-electron chi connectivity index (χ1n) is 24.7. The van der Waals surface area contributed by atoms with Gasteiger partial charge in [-0.05, 0) is 89.9 Å². The number of nitrogens with two attached hydrogens (primary N) is 1. The zero-order chi connectivity index (χ0) is 46.0. The van der Waals surface area contributed by atoms with E-state index in [4.69, 9.17) is 24.3 Å². The van der Waals surface area contributed by atoms with Gasteiger partial charge < -0.3 is 20.1 Å². The molecule has 0 heterocycles. The van der Waals surface area contributed by atoms with E-state index < -0.39 is 32.5 Å². The summed E-state index contributed by atoms with van der Waals surface area (Å²) < 4.78 is 32.8. The number of rotatable bonds is 45. The maximum absolute atomic E-state index is 12.6. The normalized spacial score (nSPS) is 14.0. The lowest BCUT2D eigenvalue weighted by Crippen LogP contribution is -2.29. The first kappa shape index (κ1) is 59.9. The van der Waals surface area contributed by atoms with E-state index in [1.54, 1.807) is 0 Å². The third-order valence-electron chi connectivity index (χ3n) is 9.97. The van der Waals surface area contributed by atoms with Crippen molar-refractivity contribution in [1.82, 2.24) is 0 Å². The SMILES string of the molecule is CC/C=C\C/C=C\C/C=C\C/C=C\CCCCCCCCCCCCCCCCC(=O)OC(COC(=O)CCCC/C=C\C/C=C\C/C=C\C/C=C\CC)COP(=O)(O)OCCN. The molecule has 0 bridgehead atoms. The van der Waals surface area contributed by atoms with Crippen LogP contribution in [0.1, 0.15) is 194 Å². The Morgan fingerprint density at radius 3 is 1.25 bits per heavy atom. The van der Waals surface area contributed by atoms with Crippen molar-refractivity contribution in [2.75, 3.05) is 26.4 Å². The Hall–Kier alpha value is -3.07. The highest BCUT2D eigenvalue weighted by atomic mass is 31.2. The highest BCUT2D eigenvalue weighted by Gasteiger charge is 2.26. The van der Waals surface area contributed by atoms with Crippen LogP contribution in [-0.2, 0) is 32.7 Å². The molecule has 2 atom stereocenters. The minimum absolute atomic E-state index is 0.0432. The first-order chi connectivity index (χ1) is 30.8. The van der Waals surface area contributed by atoms with E-state index >= 15 is 0 Å². The number of allylic oxidation sites excluding steroid dienone is 16. The first-order valence-corrected chi connectivity index (χ1v) is 26.2. The molecule has 0 radical (unpaired) electrons. The monoisotopic (exact) mass is 900 g/mol. The van der Waals surface area contributed by atoms with E-state index in [0.717, 1.165) is 83.5 Å². The zero-order valence-electron chi connectivity index (χ0n) is 39.8. The molecule has 0 amide bonds. The number of carbonyl (C=O) groups excluding carboxylic acids is 2. The van der Waals surface area contributed by atoms with Crippen molar-refractivity contribution in [2.45, 2.75) is 200 Å². The molecule has 0 saturated heterocycles. The third-order valence-corrected chi connectivity index (χ3v) is 10.9. The predicted octanol–water partition coefficient (Wildman–Crippen LogP) is 14.9. The molecule has 0 aliphatic heterocycles. The van der Waals surface area contributed by atoms with Crippen LogP contribution in [-0.4, -0.2) is 49.3 Å².